The van der Waals surface area contributed by atoms with Crippen molar-refractivity contribution in [3.8, 4) is 0 Å². The van der Waals surface area contributed by atoms with Crippen LogP contribution in [0.25, 0.3) is 10.9 Å². The van der Waals surface area contributed by atoms with Crippen LogP contribution >= 0.6 is 11.6 Å². The molecule has 1 amide bonds. The molecule has 1 aliphatic heterocycles. The summed E-state index contributed by atoms with van der Waals surface area (Å²) in [5.74, 6) is 1.14. The van der Waals surface area contributed by atoms with Crippen LogP contribution < -0.4 is 10.2 Å². The maximum atomic E-state index is 13.7. The number of para-hydroxylation sites is 1. The summed E-state index contributed by atoms with van der Waals surface area (Å²) in [7, 11) is 1.40. The third-order valence-electron chi connectivity index (χ3n) is 9.02. The van der Waals surface area contributed by atoms with Gasteiger partial charge in [0.2, 0.25) is 5.91 Å². The van der Waals surface area contributed by atoms with Crippen molar-refractivity contribution in [1.82, 2.24) is 10.3 Å². The van der Waals surface area contributed by atoms with Crippen LogP contribution in [0.3, 0.4) is 0 Å². The predicted octanol–water partition coefficient (Wildman–Crippen LogP) is 6.75. The Kier molecular flexibility index (Phi) is 8.37. The zero-order valence-electron chi connectivity index (χ0n) is 24.0. The minimum absolute atomic E-state index is 0.0500. The number of ether oxygens (including phenoxy) is 1. The fourth-order valence-corrected chi connectivity index (χ4v) is 6.97. The molecule has 0 radical (unpaired) electrons. The van der Waals surface area contributed by atoms with Crippen molar-refractivity contribution >= 4 is 40.2 Å². The van der Waals surface area contributed by atoms with Gasteiger partial charge >= 0.3 is 5.97 Å². The fraction of sp³-hybridized carbons (Fsp3) is 0.485. The summed E-state index contributed by atoms with van der Waals surface area (Å²) in [4.78, 5) is 33.2. The minimum atomic E-state index is -0.342. The van der Waals surface area contributed by atoms with Crippen molar-refractivity contribution in [3.05, 3.63) is 70.2 Å². The van der Waals surface area contributed by atoms with E-state index >= 15 is 0 Å². The molecule has 1 N–H and O–H groups in total. The highest BCUT2D eigenvalue weighted by Gasteiger charge is 2.42. The largest absolute Gasteiger partial charge is 0.465 e. The van der Waals surface area contributed by atoms with Gasteiger partial charge in [-0.25, -0.2) is 9.78 Å². The Morgan fingerprint density at radius 2 is 1.95 bits per heavy atom. The van der Waals surface area contributed by atoms with E-state index in [9.17, 15) is 9.59 Å². The molecule has 5 rings (SSSR count). The summed E-state index contributed by atoms with van der Waals surface area (Å²) in [5.41, 5.74) is 3.50. The van der Waals surface area contributed by atoms with E-state index in [-0.39, 0.29) is 29.3 Å². The fourth-order valence-electron chi connectivity index (χ4n) is 6.77. The second kappa shape index (κ2) is 11.8. The first kappa shape index (κ1) is 28.4. The van der Waals surface area contributed by atoms with Gasteiger partial charge < -0.3 is 15.0 Å². The summed E-state index contributed by atoms with van der Waals surface area (Å²) in [6, 6.07) is 16.0. The van der Waals surface area contributed by atoms with E-state index in [0.29, 0.717) is 16.5 Å². The molecule has 7 heteroatoms. The number of aryl methyl sites for hydroxylation is 2. The van der Waals surface area contributed by atoms with Crippen molar-refractivity contribution in [2.75, 3.05) is 25.1 Å². The predicted molar refractivity (Wildman–Crippen MR) is 161 cm³/mol. The minimum Gasteiger partial charge on any atom is -0.465 e. The number of benzene rings is 2. The lowest BCUT2D eigenvalue weighted by Crippen LogP contribution is -2.53. The molecule has 1 saturated heterocycles. The highest BCUT2D eigenvalue weighted by molar-refractivity contribution is 6.30. The number of hydrogen-bond acceptors (Lipinski definition) is 5. The number of hydrogen-bond donors (Lipinski definition) is 1. The normalized spacial score (nSPS) is 22.3. The van der Waals surface area contributed by atoms with Crippen LogP contribution in [0.2, 0.25) is 5.02 Å². The van der Waals surface area contributed by atoms with Crippen molar-refractivity contribution in [2.45, 2.75) is 65.3 Å². The quantitative estimate of drug-likeness (QED) is 0.323. The molecule has 0 bridgehead atoms. The van der Waals surface area contributed by atoms with Gasteiger partial charge in [-0.1, -0.05) is 50.1 Å². The first-order valence-corrected chi connectivity index (χ1v) is 14.8. The van der Waals surface area contributed by atoms with Crippen molar-refractivity contribution in [2.24, 2.45) is 17.3 Å². The number of nitrogens with one attached hydrogen (secondary N) is 1. The number of carbonyl (C=O) groups is 2. The van der Waals surface area contributed by atoms with Gasteiger partial charge in [0.05, 0.1) is 18.2 Å². The molecular weight excluding hydrogens is 522 g/mol. The van der Waals surface area contributed by atoms with Crippen LogP contribution in [-0.4, -0.2) is 43.1 Å². The van der Waals surface area contributed by atoms with Gasteiger partial charge in [-0.05, 0) is 91.8 Å². The second-order valence-corrected chi connectivity index (χ2v) is 12.6. The number of pyridine rings is 1. The average molecular weight is 562 g/mol. The monoisotopic (exact) mass is 561 g/mol. The van der Waals surface area contributed by atoms with Crippen molar-refractivity contribution in [3.63, 3.8) is 0 Å². The van der Waals surface area contributed by atoms with Crippen LogP contribution in [-0.2, 0) is 16.0 Å². The van der Waals surface area contributed by atoms with Crippen LogP contribution in [0, 0.1) is 24.2 Å². The third-order valence-corrected chi connectivity index (χ3v) is 9.26. The molecule has 1 unspecified atom stereocenters. The molecule has 3 aromatic rings. The molecule has 1 saturated carbocycles. The number of anilines is 1. The highest BCUT2D eigenvalue weighted by atomic mass is 35.5. The van der Waals surface area contributed by atoms with Crippen molar-refractivity contribution < 1.29 is 14.3 Å². The van der Waals surface area contributed by atoms with E-state index in [1.807, 2.05) is 6.07 Å². The molecule has 212 valence electrons. The zero-order chi connectivity index (χ0) is 28.4. The zero-order valence-corrected chi connectivity index (χ0v) is 24.8. The maximum absolute atomic E-state index is 13.7. The number of halogens is 1. The number of nitrogens with zero attached hydrogens (tertiary/aromatic N) is 2. The van der Waals surface area contributed by atoms with Gasteiger partial charge in [-0.15, -0.1) is 0 Å². The lowest BCUT2D eigenvalue weighted by Gasteiger charge is -2.44. The Bertz CT molecular complexity index is 1400. The lowest BCUT2D eigenvalue weighted by atomic mass is 9.73. The Morgan fingerprint density at radius 1 is 1.12 bits per heavy atom. The number of esters is 1. The molecule has 1 aromatic heterocycles. The molecule has 40 heavy (non-hydrogen) atoms. The molecule has 2 aliphatic rings. The lowest BCUT2D eigenvalue weighted by molar-refractivity contribution is -0.130. The molecule has 3 atom stereocenters. The van der Waals surface area contributed by atoms with Gasteiger partial charge in [0, 0.05) is 35.5 Å². The van der Waals surface area contributed by atoms with Crippen LogP contribution in [0.15, 0.2) is 48.5 Å². The Labute approximate surface area is 242 Å². The van der Waals surface area contributed by atoms with Gasteiger partial charge in [-0.3, -0.25) is 4.79 Å². The SMILES string of the molecule is COC(=O)c1ccc(Cl)cc1CC[C@@H]1CCC[C@@H]1NC(=O)C1CCN(c2ccc3cccc(C)c3n2)CC1(C)C. The molecule has 2 heterocycles. The van der Waals surface area contributed by atoms with E-state index in [4.69, 9.17) is 21.3 Å². The Hall–Kier alpha value is -3.12. The van der Waals surface area contributed by atoms with E-state index in [1.165, 1.54) is 12.7 Å². The van der Waals surface area contributed by atoms with Gasteiger partial charge in [0.25, 0.3) is 0 Å². The Morgan fingerprint density at radius 3 is 2.73 bits per heavy atom. The summed E-state index contributed by atoms with van der Waals surface area (Å²) in [6.45, 7) is 8.10. The standard InChI is InChI=1S/C33H40ClN3O3/c1-21-7-5-9-23-13-16-29(36-30(21)23)37-18-17-27(33(2,3)20-37)31(38)35-28-10-6-8-22(28)11-12-24-19-25(34)14-15-26(24)32(39)40-4/h5,7,9,13-16,19,22,27-28H,6,8,10-12,17-18,20H2,1-4H3,(H,35,38)/t22-,27?,28-/m0/s1. The Balaban J connectivity index is 1.22. The highest BCUT2D eigenvalue weighted by Crippen LogP contribution is 2.38. The number of amides is 1. The summed E-state index contributed by atoms with van der Waals surface area (Å²) < 4.78 is 4.96. The average Bonchev–Trinajstić information content (AvgIpc) is 3.37. The molecule has 0 spiro atoms. The molecular formula is C33H40ClN3O3. The maximum Gasteiger partial charge on any atom is 0.338 e. The van der Waals surface area contributed by atoms with Crippen molar-refractivity contribution in [1.29, 1.82) is 0 Å². The van der Waals surface area contributed by atoms with Gasteiger partial charge in [-0.2, -0.15) is 0 Å². The van der Waals surface area contributed by atoms with E-state index in [0.717, 1.165) is 73.9 Å². The van der Waals surface area contributed by atoms with Crippen LogP contribution in [0.4, 0.5) is 5.82 Å². The number of methoxy groups -OCH3 is 1. The topological polar surface area (TPSA) is 71.5 Å². The second-order valence-electron chi connectivity index (χ2n) is 12.2. The van der Waals surface area contributed by atoms with Crippen LogP contribution in [0.1, 0.15) is 67.4 Å². The number of piperidine rings is 1. The summed E-state index contributed by atoms with van der Waals surface area (Å²) in [6.07, 6.45) is 5.59. The molecule has 2 aromatic carbocycles. The number of fused-ring (bicyclic) bond motifs is 1. The number of carbonyl (C=O) groups excluding carboxylic acids is 2. The molecule has 2 fully saturated rings. The summed E-state index contributed by atoms with van der Waals surface area (Å²) >= 11 is 6.24. The van der Waals surface area contributed by atoms with E-state index in [2.05, 4.69) is 61.3 Å². The number of aromatic nitrogens is 1. The first-order valence-electron chi connectivity index (χ1n) is 14.4. The third kappa shape index (κ3) is 5.97. The van der Waals surface area contributed by atoms with Gasteiger partial charge in [0.1, 0.15) is 5.82 Å². The van der Waals surface area contributed by atoms with E-state index in [1.54, 1.807) is 12.1 Å². The molecule has 1 aliphatic carbocycles. The van der Waals surface area contributed by atoms with E-state index < -0.39 is 0 Å². The number of rotatable bonds is 7. The van der Waals surface area contributed by atoms with Gasteiger partial charge in [0.15, 0.2) is 0 Å². The summed E-state index contributed by atoms with van der Waals surface area (Å²) in [5, 5.41) is 5.21. The smallest absolute Gasteiger partial charge is 0.338 e. The van der Waals surface area contributed by atoms with Crippen LogP contribution in [0.5, 0.6) is 0 Å². The molecule has 6 nitrogen and oxygen atoms in total. The first-order chi connectivity index (χ1) is 19.2.